The number of aryl methyl sites for hydroxylation is 2. The largest absolute Gasteiger partial charge is 0.0622 e. The fourth-order valence-electron chi connectivity index (χ4n) is 4.43. The molecule has 0 N–H and O–H groups in total. The molecule has 0 bridgehead atoms. The fraction of sp³-hybridized carbons (Fsp3) is 0.0588. The Hall–Kier alpha value is -4.16. The molecule has 164 valence electrons. The van der Waals surface area contributed by atoms with Gasteiger partial charge in [-0.25, -0.2) is 0 Å². The van der Waals surface area contributed by atoms with E-state index in [1.54, 1.807) is 0 Å². The normalized spacial score (nSPS) is 10.6. The van der Waals surface area contributed by atoms with Crippen molar-refractivity contribution in [2.45, 2.75) is 13.8 Å². The summed E-state index contributed by atoms with van der Waals surface area (Å²) in [4.78, 5) is 0. The minimum absolute atomic E-state index is 1.28. The summed E-state index contributed by atoms with van der Waals surface area (Å²) in [5, 5.41) is 5.27. The second kappa shape index (κ2) is 9.77. The molecule has 0 heterocycles. The molecule has 6 aromatic rings. The van der Waals surface area contributed by atoms with Gasteiger partial charge in [-0.1, -0.05) is 133 Å². The van der Waals surface area contributed by atoms with Crippen LogP contribution in [0.1, 0.15) is 11.1 Å². The molecule has 6 rings (SSSR count). The zero-order valence-corrected chi connectivity index (χ0v) is 19.7. The van der Waals surface area contributed by atoms with Gasteiger partial charge in [-0.2, -0.15) is 0 Å². The summed E-state index contributed by atoms with van der Waals surface area (Å²) in [5.41, 5.74) is 7.79. The maximum Gasteiger partial charge on any atom is -0.0103 e. The van der Waals surface area contributed by atoms with Crippen LogP contribution in [0, 0.1) is 13.8 Å². The summed E-state index contributed by atoms with van der Waals surface area (Å²) >= 11 is 0. The predicted molar refractivity (Wildman–Crippen MR) is 148 cm³/mol. The molecule has 6 aromatic carbocycles. The smallest absolute Gasteiger partial charge is 0.0103 e. The number of fused-ring (bicyclic) bond motifs is 2. The van der Waals surface area contributed by atoms with Crippen molar-refractivity contribution >= 4 is 21.5 Å². The van der Waals surface area contributed by atoms with Gasteiger partial charge < -0.3 is 0 Å². The maximum absolute atomic E-state index is 2.25. The Morgan fingerprint density at radius 2 is 1.00 bits per heavy atom. The van der Waals surface area contributed by atoms with Crippen LogP contribution >= 0.6 is 0 Å². The Kier molecular flexibility index (Phi) is 6.23. The van der Waals surface area contributed by atoms with Crippen LogP contribution in [0.5, 0.6) is 0 Å². The number of rotatable bonds is 2. The third kappa shape index (κ3) is 4.63. The monoisotopic (exact) mass is 436 g/mol. The number of benzene rings is 6. The first-order valence-electron chi connectivity index (χ1n) is 11.8. The molecular formula is C34H28. The van der Waals surface area contributed by atoms with Crippen LogP contribution in [-0.2, 0) is 0 Å². The van der Waals surface area contributed by atoms with Crippen molar-refractivity contribution in [3.63, 3.8) is 0 Å². The number of hydrogen-bond donors (Lipinski definition) is 0. The standard InChI is InChI=1S/2C17H14/c1-13-11-12-16(14-7-3-2-4-8-14)17-10-6-5-9-15(13)17;1-13-6-8-15(9-7-13)17-11-10-14-4-2-3-5-16(14)12-17/h2*2-12H,1H3. The highest BCUT2D eigenvalue weighted by molar-refractivity contribution is 5.98. The molecule has 0 atom stereocenters. The third-order valence-corrected chi connectivity index (χ3v) is 6.36. The summed E-state index contributed by atoms with van der Waals surface area (Å²) < 4.78 is 0. The van der Waals surface area contributed by atoms with Crippen LogP contribution in [0.15, 0.2) is 133 Å². The lowest BCUT2D eigenvalue weighted by atomic mass is 9.96. The van der Waals surface area contributed by atoms with Gasteiger partial charge in [-0.15, -0.1) is 0 Å². The van der Waals surface area contributed by atoms with Crippen molar-refractivity contribution < 1.29 is 0 Å². The van der Waals surface area contributed by atoms with E-state index < -0.39 is 0 Å². The highest BCUT2D eigenvalue weighted by atomic mass is 14.1. The van der Waals surface area contributed by atoms with Crippen LogP contribution in [0.3, 0.4) is 0 Å². The predicted octanol–water partition coefficient (Wildman–Crippen LogP) is 9.63. The first-order chi connectivity index (χ1) is 16.7. The van der Waals surface area contributed by atoms with Gasteiger partial charge in [-0.05, 0) is 69.3 Å². The molecule has 0 nitrogen and oxygen atoms in total. The fourth-order valence-corrected chi connectivity index (χ4v) is 4.43. The Balaban J connectivity index is 0.000000142. The van der Waals surface area contributed by atoms with E-state index in [2.05, 4.69) is 147 Å². The van der Waals surface area contributed by atoms with Crippen molar-refractivity contribution in [2.75, 3.05) is 0 Å². The molecule has 0 radical (unpaired) electrons. The zero-order chi connectivity index (χ0) is 23.3. The molecule has 0 aromatic heterocycles. The van der Waals surface area contributed by atoms with Crippen molar-refractivity contribution in [3.05, 3.63) is 145 Å². The van der Waals surface area contributed by atoms with E-state index in [-0.39, 0.29) is 0 Å². The lowest BCUT2D eigenvalue weighted by Crippen LogP contribution is -1.83. The minimum Gasteiger partial charge on any atom is -0.0622 e. The number of hydrogen-bond acceptors (Lipinski definition) is 0. The molecule has 0 unspecified atom stereocenters. The SMILES string of the molecule is Cc1ccc(-c2ccc3ccccc3c2)cc1.Cc1ccc(-c2ccccc2)c2ccccc12. The van der Waals surface area contributed by atoms with E-state index >= 15 is 0 Å². The Morgan fingerprint density at radius 3 is 1.76 bits per heavy atom. The van der Waals surface area contributed by atoms with Gasteiger partial charge in [0, 0.05) is 0 Å². The second-order valence-electron chi connectivity index (χ2n) is 8.77. The summed E-state index contributed by atoms with van der Waals surface area (Å²) in [7, 11) is 0. The molecule has 0 saturated carbocycles. The minimum atomic E-state index is 1.28. The van der Waals surface area contributed by atoms with Crippen LogP contribution in [0.2, 0.25) is 0 Å². The summed E-state index contributed by atoms with van der Waals surface area (Å²) in [5.74, 6) is 0. The summed E-state index contributed by atoms with van der Waals surface area (Å²) in [6, 6.07) is 47.3. The van der Waals surface area contributed by atoms with Gasteiger partial charge in [0.1, 0.15) is 0 Å². The Labute approximate surface area is 202 Å². The topological polar surface area (TPSA) is 0 Å². The Morgan fingerprint density at radius 1 is 0.382 bits per heavy atom. The third-order valence-electron chi connectivity index (χ3n) is 6.36. The zero-order valence-electron chi connectivity index (χ0n) is 19.7. The molecule has 0 fully saturated rings. The van der Waals surface area contributed by atoms with E-state index in [0.29, 0.717) is 0 Å². The quantitative estimate of drug-likeness (QED) is 0.253. The van der Waals surface area contributed by atoms with E-state index in [1.807, 2.05) is 0 Å². The molecule has 0 saturated heterocycles. The lowest BCUT2D eigenvalue weighted by Gasteiger charge is -2.09. The molecule has 0 aliphatic carbocycles. The Bertz CT molecular complexity index is 1540. The van der Waals surface area contributed by atoms with Gasteiger partial charge in [0.05, 0.1) is 0 Å². The van der Waals surface area contributed by atoms with Gasteiger partial charge in [0.15, 0.2) is 0 Å². The van der Waals surface area contributed by atoms with E-state index in [0.717, 1.165) is 0 Å². The van der Waals surface area contributed by atoms with Crippen LogP contribution in [0.4, 0.5) is 0 Å². The summed E-state index contributed by atoms with van der Waals surface area (Å²) in [6.07, 6.45) is 0. The van der Waals surface area contributed by atoms with E-state index in [4.69, 9.17) is 0 Å². The van der Waals surface area contributed by atoms with Gasteiger partial charge in [-0.3, -0.25) is 0 Å². The first kappa shape index (κ1) is 21.7. The molecule has 0 heteroatoms. The molecule has 0 aliphatic rings. The van der Waals surface area contributed by atoms with Crippen molar-refractivity contribution in [1.29, 1.82) is 0 Å². The molecule has 0 spiro atoms. The van der Waals surface area contributed by atoms with E-state index in [9.17, 15) is 0 Å². The van der Waals surface area contributed by atoms with E-state index in [1.165, 1.54) is 54.9 Å². The van der Waals surface area contributed by atoms with Gasteiger partial charge in [0.25, 0.3) is 0 Å². The van der Waals surface area contributed by atoms with Crippen molar-refractivity contribution in [3.8, 4) is 22.3 Å². The average Bonchev–Trinajstić information content (AvgIpc) is 2.90. The maximum atomic E-state index is 2.25. The summed E-state index contributed by atoms with van der Waals surface area (Å²) in [6.45, 7) is 4.28. The highest BCUT2D eigenvalue weighted by Crippen LogP contribution is 2.30. The van der Waals surface area contributed by atoms with Crippen molar-refractivity contribution in [2.24, 2.45) is 0 Å². The van der Waals surface area contributed by atoms with Crippen LogP contribution in [-0.4, -0.2) is 0 Å². The van der Waals surface area contributed by atoms with Crippen LogP contribution in [0.25, 0.3) is 43.8 Å². The van der Waals surface area contributed by atoms with Crippen LogP contribution < -0.4 is 0 Å². The van der Waals surface area contributed by atoms with Gasteiger partial charge in [0.2, 0.25) is 0 Å². The van der Waals surface area contributed by atoms with Gasteiger partial charge >= 0.3 is 0 Å². The average molecular weight is 437 g/mol. The molecule has 0 amide bonds. The first-order valence-corrected chi connectivity index (χ1v) is 11.8. The highest BCUT2D eigenvalue weighted by Gasteiger charge is 2.04. The van der Waals surface area contributed by atoms with Crippen molar-refractivity contribution in [1.82, 2.24) is 0 Å². The molecular weight excluding hydrogens is 408 g/mol. The second-order valence-corrected chi connectivity index (χ2v) is 8.77. The lowest BCUT2D eigenvalue weighted by molar-refractivity contribution is 1.47. The molecule has 0 aliphatic heterocycles. The molecule has 34 heavy (non-hydrogen) atoms.